The molecular weight excluding hydrogens is 282 g/mol. The predicted molar refractivity (Wildman–Crippen MR) is 86.7 cm³/mol. The molecule has 108 valence electrons. The summed E-state index contributed by atoms with van der Waals surface area (Å²) >= 11 is 1.72. The number of nitrogens with one attached hydrogen (secondary N) is 1. The molecule has 2 heterocycles. The number of benzene rings is 1. The van der Waals surface area contributed by atoms with E-state index >= 15 is 0 Å². The summed E-state index contributed by atoms with van der Waals surface area (Å²) in [5, 5.41) is 7.20. The highest BCUT2D eigenvalue weighted by atomic mass is 32.1. The lowest BCUT2D eigenvalue weighted by Gasteiger charge is -2.26. The van der Waals surface area contributed by atoms with Gasteiger partial charge in [0.05, 0.1) is 17.8 Å². The van der Waals surface area contributed by atoms with Crippen LogP contribution in [-0.4, -0.2) is 11.9 Å². The van der Waals surface area contributed by atoms with Crippen LogP contribution in [0, 0.1) is 0 Å². The third-order valence-electron chi connectivity index (χ3n) is 4.11. The fourth-order valence-corrected chi connectivity index (χ4v) is 3.57. The van der Waals surface area contributed by atoms with Gasteiger partial charge in [0.1, 0.15) is 0 Å². The Bertz CT molecular complexity index is 692. The number of carbonyl (C=O) groups excluding carboxylic acids is 1. The molecule has 4 rings (SSSR count). The molecule has 1 aromatic carbocycles. The van der Waals surface area contributed by atoms with Crippen molar-refractivity contribution < 1.29 is 4.79 Å². The molecule has 2 aromatic rings. The van der Waals surface area contributed by atoms with Crippen molar-refractivity contribution >= 4 is 34.3 Å². The Balaban J connectivity index is 1.70. The first kappa shape index (κ1) is 12.7. The zero-order chi connectivity index (χ0) is 14.4. The van der Waals surface area contributed by atoms with Crippen molar-refractivity contribution in [3.05, 3.63) is 40.1 Å². The van der Waals surface area contributed by atoms with Gasteiger partial charge in [0.2, 0.25) is 5.91 Å². The van der Waals surface area contributed by atoms with Crippen molar-refractivity contribution in [1.82, 2.24) is 0 Å². The van der Waals surface area contributed by atoms with E-state index in [1.807, 2.05) is 12.1 Å². The minimum Gasteiger partial charge on any atom is -0.397 e. The lowest BCUT2D eigenvalue weighted by atomic mass is 10.1. The number of anilines is 3. The Kier molecular flexibility index (Phi) is 2.89. The van der Waals surface area contributed by atoms with E-state index in [1.54, 1.807) is 11.3 Å². The van der Waals surface area contributed by atoms with Crippen LogP contribution in [0.25, 0.3) is 0 Å². The van der Waals surface area contributed by atoms with Gasteiger partial charge in [-0.25, -0.2) is 0 Å². The molecule has 1 saturated carbocycles. The van der Waals surface area contributed by atoms with Gasteiger partial charge in [-0.3, -0.25) is 4.79 Å². The maximum Gasteiger partial charge on any atom is 0.228 e. The van der Waals surface area contributed by atoms with Crippen molar-refractivity contribution in [2.24, 2.45) is 0 Å². The summed E-state index contributed by atoms with van der Waals surface area (Å²) in [6, 6.07) is 6.72. The minimum absolute atomic E-state index is 0.0531. The Morgan fingerprint density at radius 1 is 1.38 bits per heavy atom. The van der Waals surface area contributed by atoms with Crippen molar-refractivity contribution in [2.75, 3.05) is 16.0 Å². The van der Waals surface area contributed by atoms with E-state index in [0.29, 0.717) is 12.5 Å². The molecule has 0 saturated heterocycles. The van der Waals surface area contributed by atoms with Gasteiger partial charge >= 0.3 is 0 Å². The monoisotopic (exact) mass is 299 g/mol. The van der Waals surface area contributed by atoms with E-state index in [1.165, 1.54) is 18.4 Å². The lowest BCUT2D eigenvalue weighted by Crippen LogP contribution is -2.25. The molecule has 0 atom stereocenters. The van der Waals surface area contributed by atoms with E-state index in [9.17, 15) is 4.79 Å². The Labute approximate surface area is 127 Å². The van der Waals surface area contributed by atoms with Crippen LogP contribution in [0.4, 0.5) is 17.1 Å². The quantitative estimate of drug-likeness (QED) is 0.853. The molecule has 1 amide bonds. The van der Waals surface area contributed by atoms with Crippen molar-refractivity contribution in [2.45, 2.75) is 31.8 Å². The number of carbonyl (C=O) groups is 1. The normalized spacial score (nSPS) is 16.7. The molecule has 0 radical (unpaired) electrons. The fourth-order valence-electron chi connectivity index (χ4n) is 2.91. The van der Waals surface area contributed by atoms with Crippen LogP contribution in [0.5, 0.6) is 0 Å². The second-order valence-corrected chi connectivity index (χ2v) is 6.56. The van der Waals surface area contributed by atoms with Crippen LogP contribution in [0.1, 0.15) is 24.0 Å². The molecule has 2 aliphatic rings. The average molecular weight is 299 g/mol. The lowest BCUT2D eigenvalue weighted by molar-refractivity contribution is -0.115. The molecule has 0 bridgehead atoms. The van der Waals surface area contributed by atoms with Crippen molar-refractivity contribution in [3.8, 4) is 0 Å². The Morgan fingerprint density at radius 2 is 2.24 bits per heavy atom. The summed E-state index contributed by atoms with van der Waals surface area (Å²) in [4.78, 5) is 13.9. The summed E-state index contributed by atoms with van der Waals surface area (Å²) in [5.41, 5.74) is 11.3. The van der Waals surface area contributed by atoms with Gasteiger partial charge in [-0.1, -0.05) is 0 Å². The van der Waals surface area contributed by atoms with Gasteiger partial charge in [0.15, 0.2) is 0 Å². The summed E-state index contributed by atoms with van der Waals surface area (Å²) < 4.78 is 0. The number of thiophene rings is 1. The van der Waals surface area contributed by atoms with Crippen LogP contribution < -0.4 is 16.0 Å². The number of hydrogen-bond donors (Lipinski definition) is 2. The minimum atomic E-state index is 0.0531. The molecule has 1 aromatic heterocycles. The molecule has 4 nitrogen and oxygen atoms in total. The van der Waals surface area contributed by atoms with E-state index in [2.05, 4.69) is 27.0 Å². The molecule has 1 aliphatic carbocycles. The third kappa shape index (κ3) is 2.38. The summed E-state index contributed by atoms with van der Waals surface area (Å²) in [5.74, 6) is 0.0531. The van der Waals surface area contributed by atoms with E-state index in [0.717, 1.165) is 29.2 Å². The van der Waals surface area contributed by atoms with Crippen LogP contribution in [-0.2, 0) is 17.8 Å². The number of fused-ring (bicyclic) bond motifs is 1. The zero-order valence-electron chi connectivity index (χ0n) is 11.6. The third-order valence-corrected chi connectivity index (χ3v) is 4.84. The van der Waals surface area contributed by atoms with Crippen molar-refractivity contribution in [3.63, 3.8) is 0 Å². The topological polar surface area (TPSA) is 58.4 Å². The maximum atomic E-state index is 11.5. The van der Waals surface area contributed by atoms with Crippen LogP contribution in [0.3, 0.4) is 0 Å². The first-order valence-electron chi connectivity index (χ1n) is 7.20. The highest BCUT2D eigenvalue weighted by Gasteiger charge is 2.31. The smallest absolute Gasteiger partial charge is 0.228 e. The largest absolute Gasteiger partial charge is 0.397 e. The molecule has 0 unspecified atom stereocenters. The first-order chi connectivity index (χ1) is 10.2. The van der Waals surface area contributed by atoms with E-state index in [4.69, 9.17) is 5.73 Å². The highest BCUT2D eigenvalue weighted by Crippen LogP contribution is 2.40. The average Bonchev–Trinajstić information content (AvgIpc) is 3.03. The summed E-state index contributed by atoms with van der Waals surface area (Å²) in [6.07, 6.45) is 2.87. The number of nitrogen functional groups attached to an aromatic ring is 1. The van der Waals surface area contributed by atoms with Gasteiger partial charge < -0.3 is 16.0 Å². The van der Waals surface area contributed by atoms with Crippen molar-refractivity contribution in [1.29, 1.82) is 0 Å². The summed E-state index contributed by atoms with van der Waals surface area (Å²) in [6.45, 7) is 0.880. The zero-order valence-corrected chi connectivity index (χ0v) is 12.5. The van der Waals surface area contributed by atoms with E-state index < -0.39 is 0 Å². The van der Waals surface area contributed by atoms with E-state index in [-0.39, 0.29) is 5.91 Å². The number of nitrogens with two attached hydrogens (primary N) is 1. The molecule has 0 spiro atoms. The second-order valence-electron chi connectivity index (χ2n) is 5.78. The number of amides is 1. The number of hydrogen-bond acceptors (Lipinski definition) is 4. The SMILES string of the molecule is Nc1cc2c(cc1N(Cc1ccsc1)C1CC1)NC(=O)C2. The van der Waals surface area contributed by atoms with Crippen LogP contribution in [0.2, 0.25) is 0 Å². The molecule has 3 N–H and O–H groups in total. The molecule has 1 aliphatic heterocycles. The first-order valence-corrected chi connectivity index (χ1v) is 8.15. The van der Waals surface area contributed by atoms with Crippen LogP contribution in [0.15, 0.2) is 29.0 Å². The van der Waals surface area contributed by atoms with Gasteiger partial charge in [-0.05, 0) is 52.9 Å². The molecule has 21 heavy (non-hydrogen) atoms. The molecule has 5 heteroatoms. The maximum absolute atomic E-state index is 11.5. The number of rotatable bonds is 4. The fraction of sp³-hybridized carbons (Fsp3) is 0.312. The van der Waals surface area contributed by atoms with Crippen LogP contribution >= 0.6 is 11.3 Å². The predicted octanol–water partition coefficient (Wildman–Crippen LogP) is 2.99. The molecular formula is C16H17N3OS. The van der Waals surface area contributed by atoms with Gasteiger partial charge in [-0.2, -0.15) is 11.3 Å². The second kappa shape index (κ2) is 4.77. The Hall–Kier alpha value is -2.01. The van der Waals surface area contributed by atoms with Gasteiger partial charge in [-0.15, -0.1) is 0 Å². The number of nitrogens with zero attached hydrogens (tertiary/aromatic N) is 1. The van der Waals surface area contributed by atoms with Gasteiger partial charge in [0.25, 0.3) is 0 Å². The molecule has 1 fully saturated rings. The standard InChI is InChI=1S/C16H17N3OS/c17-13-5-11-6-16(20)18-14(11)7-15(13)19(12-1-2-12)8-10-3-4-21-9-10/h3-5,7,9,12H,1-2,6,8,17H2,(H,18,20). The summed E-state index contributed by atoms with van der Waals surface area (Å²) in [7, 11) is 0. The Morgan fingerprint density at radius 3 is 2.95 bits per heavy atom. The van der Waals surface area contributed by atoms with Gasteiger partial charge in [0, 0.05) is 18.3 Å². The highest BCUT2D eigenvalue weighted by molar-refractivity contribution is 7.07.